The lowest BCUT2D eigenvalue weighted by Gasteiger charge is -2.57. The van der Waals surface area contributed by atoms with Gasteiger partial charge in [0.05, 0.1) is 17.9 Å². The monoisotopic (exact) mass is 590 g/mol. The molecule has 1 heterocycles. The summed E-state index contributed by atoms with van der Waals surface area (Å²) in [5, 5.41) is 18.3. The second kappa shape index (κ2) is 12.3. The fourth-order valence-electron chi connectivity index (χ4n) is 10.1. The Labute approximate surface area is 259 Å². The van der Waals surface area contributed by atoms with Crippen molar-refractivity contribution in [3.63, 3.8) is 0 Å². The topological polar surface area (TPSA) is 80.2 Å². The van der Waals surface area contributed by atoms with E-state index in [2.05, 4.69) is 74.6 Å². The molecule has 0 unspecified atom stereocenters. The standard InChI is InChI=1S/C37H54N2O4/c1-25(2)32-23-37(19-21-42-32,26-8-6-5-7-9-26)18-20-38-34(41)24-43-39-28-14-16-35(3)27(22-28)10-11-29-30-12-13-33(40)36(30,4)17-15-31(29)35/h5-9,22,25,29-33,40H,10-21,23-24H2,1-4H3,(H,38,41)/b39-28-/t29-,30+,31+,32+,33-,35+,36+,37-/m1/s1. The number of nitrogens with one attached hydrogen (secondary N) is 1. The van der Waals surface area contributed by atoms with Crippen molar-refractivity contribution in [1.82, 2.24) is 5.32 Å². The van der Waals surface area contributed by atoms with E-state index in [1.54, 1.807) is 0 Å². The fraction of sp³-hybridized carbons (Fsp3) is 0.730. The minimum atomic E-state index is -0.119. The first-order valence-corrected chi connectivity index (χ1v) is 17.2. The molecule has 1 aromatic carbocycles. The van der Waals surface area contributed by atoms with Gasteiger partial charge in [-0.05, 0) is 117 Å². The third-order valence-corrected chi connectivity index (χ3v) is 12.9. The molecule has 236 valence electrons. The highest BCUT2D eigenvalue weighted by Crippen LogP contribution is 2.65. The van der Waals surface area contributed by atoms with Crippen LogP contribution in [-0.4, -0.2) is 48.7 Å². The van der Waals surface area contributed by atoms with E-state index in [1.807, 2.05) is 0 Å². The second-order valence-corrected chi connectivity index (χ2v) is 15.3. The molecule has 4 aliphatic carbocycles. The maximum Gasteiger partial charge on any atom is 0.260 e. The number of amides is 1. The Bertz CT molecular complexity index is 1210. The summed E-state index contributed by atoms with van der Waals surface area (Å²) >= 11 is 0. The number of fused-ring (bicyclic) bond motifs is 5. The molecule has 1 saturated heterocycles. The number of ether oxygens (including phenoxy) is 1. The maximum absolute atomic E-state index is 12.8. The van der Waals surface area contributed by atoms with Crippen molar-refractivity contribution >= 4 is 11.6 Å². The summed E-state index contributed by atoms with van der Waals surface area (Å²) in [6.07, 6.45) is 14.1. The largest absolute Gasteiger partial charge is 0.393 e. The zero-order valence-corrected chi connectivity index (χ0v) is 26.9. The maximum atomic E-state index is 12.8. The summed E-state index contributed by atoms with van der Waals surface area (Å²) in [5.74, 6) is 2.46. The molecule has 0 radical (unpaired) electrons. The lowest BCUT2D eigenvalue weighted by atomic mass is 9.47. The molecule has 5 aliphatic rings. The molecule has 0 spiro atoms. The zero-order chi connectivity index (χ0) is 30.2. The van der Waals surface area contributed by atoms with Crippen molar-refractivity contribution in [3.05, 3.63) is 47.5 Å². The van der Waals surface area contributed by atoms with Crippen molar-refractivity contribution in [3.8, 4) is 0 Å². The first-order valence-electron chi connectivity index (χ1n) is 17.2. The lowest BCUT2D eigenvalue weighted by molar-refractivity contribution is -0.125. The van der Waals surface area contributed by atoms with Gasteiger partial charge in [-0.2, -0.15) is 0 Å². The van der Waals surface area contributed by atoms with E-state index in [0.29, 0.717) is 24.3 Å². The molecular weight excluding hydrogens is 536 g/mol. The number of hydrogen-bond donors (Lipinski definition) is 2. The number of benzene rings is 1. The van der Waals surface area contributed by atoms with Gasteiger partial charge in [0.25, 0.3) is 5.91 Å². The Morgan fingerprint density at radius 1 is 1.07 bits per heavy atom. The average molecular weight is 591 g/mol. The van der Waals surface area contributed by atoms with Crippen molar-refractivity contribution in [2.24, 2.45) is 39.7 Å². The highest BCUT2D eigenvalue weighted by Gasteiger charge is 2.58. The van der Waals surface area contributed by atoms with Crippen LogP contribution in [0.15, 0.2) is 47.1 Å². The van der Waals surface area contributed by atoms with Gasteiger partial charge in [-0.25, -0.2) is 0 Å². The highest BCUT2D eigenvalue weighted by molar-refractivity contribution is 5.96. The van der Waals surface area contributed by atoms with E-state index in [-0.39, 0.29) is 41.0 Å². The van der Waals surface area contributed by atoms with Gasteiger partial charge in [-0.3, -0.25) is 4.79 Å². The van der Waals surface area contributed by atoms with Gasteiger partial charge < -0.3 is 20.0 Å². The Balaban J connectivity index is 1.02. The van der Waals surface area contributed by atoms with E-state index < -0.39 is 0 Å². The number of allylic oxidation sites excluding steroid dienone is 2. The van der Waals surface area contributed by atoms with Crippen LogP contribution < -0.4 is 5.32 Å². The first kappa shape index (κ1) is 30.8. The molecule has 1 aromatic rings. The second-order valence-electron chi connectivity index (χ2n) is 15.3. The molecule has 4 fully saturated rings. The number of nitrogens with zero attached hydrogens (tertiary/aromatic N) is 1. The van der Waals surface area contributed by atoms with Gasteiger partial charge in [0.2, 0.25) is 0 Å². The van der Waals surface area contributed by atoms with Gasteiger partial charge >= 0.3 is 0 Å². The zero-order valence-electron chi connectivity index (χ0n) is 26.9. The summed E-state index contributed by atoms with van der Waals surface area (Å²) < 4.78 is 6.11. The van der Waals surface area contributed by atoms with Gasteiger partial charge in [0.15, 0.2) is 6.61 Å². The van der Waals surface area contributed by atoms with Crippen LogP contribution in [0.3, 0.4) is 0 Å². The first-order chi connectivity index (χ1) is 20.6. The van der Waals surface area contributed by atoms with Crippen LogP contribution in [-0.2, 0) is 19.8 Å². The predicted octanol–water partition coefficient (Wildman–Crippen LogP) is 6.96. The minimum Gasteiger partial charge on any atom is -0.393 e. The van der Waals surface area contributed by atoms with E-state index in [4.69, 9.17) is 9.57 Å². The summed E-state index contributed by atoms with van der Waals surface area (Å²) in [6.45, 7) is 10.6. The Morgan fingerprint density at radius 2 is 1.88 bits per heavy atom. The summed E-state index contributed by atoms with van der Waals surface area (Å²) in [5.41, 5.74) is 4.20. The minimum absolute atomic E-state index is 0.0112. The Hall–Kier alpha value is -2.18. The van der Waals surface area contributed by atoms with Crippen LogP contribution in [0.4, 0.5) is 0 Å². The third kappa shape index (κ3) is 5.83. The smallest absolute Gasteiger partial charge is 0.260 e. The van der Waals surface area contributed by atoms with Crippen LogP contribution in [0.5, 0.6) is 0 Å². The van der Waals surface area contributed by atoms with Gasteiger partial charge in [0.1, 0.15) is 0 Å². The molecule has 6 rings (SSSR count). The molecular formula is C37H54N2O4. The lowest BCUT2D eigenvalue weighted by Crippen LogP contribution is -2.51. The number of carbonyl (C=O) groups is 1. The van der Waals surface area contributed by atoms with Crippen molar-refractivity contribution in [1.29, 1.82) is 0 Å². The highest BCUT2D eigenvalue weighted by atomic mass is 16.6. The molecule has 43 heavy (non-hydrogen) atoms. The number of aliphatic hydroxyl groups is 1. The van der Waals surface area contributed by atoms with E-state index >= 15 is 0 Å². The quantitative estimate of drug-likeness (QED) is 0.321. The molecule has 3 saturated carbocycles. The number of hydrogen-bond acceptors (Lipinski definition) is 5. The van der Waals surface area contributed by atoms with Crippen LogP contribution in [0.2, 0.25) is 0 Å². The summed E-state index contributed by atoms with van der Waals surface area (Å²) in [4.78, 5) is 18.4. The predicted molar refractivity (Wildman–Crippen MR) is 171 cm³/mol. The Morgan fingerprint density at radius 3 is 2.67 bits per heavy atom. The fourth-order valence-corrected chi connectivity index (χ4v) is 10.1. The third-order valence-electron chi connectivity index (χ3n) is 12.9. The van der Waals surface area contributed by atoms with E-state index in [9.17, 15) is 9.90 Å². The van der Waals surface area contributed by atoms with E-state index in [0.717, 1.165) is 69.6 Å². The number of aliphatic hydroxyl groups excluding tert-OH is 1. The number of rotatable bonds is 8. The molecule has 1 amide bonds. The van der Waals surface area contributed by atoms with Gasteiger partial charge in [0, 0.05) is 18.6 Å². The number of carbonyl (C=O) groups excluding carboxylic acids is 1. The molecule has 1 aliphatic heterocycles. The Kier molecular flexibility index (Phi) is 8.83. The van der Waals surface area contributed by atoms with Crippen LogP contribution in [0, 0.1) is 34.5 Å². The van der Waals surface area contributed by atoms with E-state index in [1.165, 1.54) is 30.4 Å². The van der Waals surface area contributed by atoms with Gasteiger partial charge in [-0.1, -0.05) is 68.8 Å². The SMILES string of the molecule is CC(C)[C@@H]1C[C@](CCNC(=O)CO/N=C2\C=C3CC[C@@H]4[C@@H]5CC[C@@H](O)[C@@]5(C)CC[C@@H]4[C@@]3(C)CC2)(c2ccccc2)CCO1. The van der Waals surface area contributed by atoms with Crippen LogP contribution in [0.1, 0.15) is 104 Å². The van der Waals surface area contributed by atoms with Crippen molar-refractivity contribution < 1.29 is 19.5 Å². The number of oxime groups is 1. The molecule has 6 nitrogen and oxygen atoms in total. The van der Waals surface area contributed by atoms with Gasteiger partial charge in [-0.15, -0.1) is 0 Å². The molecule has 2 N–H and O–H groups in total. The molecule has 6 heteroatoms. The summed E-state index contributed by atoms with van der Waals surface area (Å²) in [6, 6.07) is 10.7. The van der Waals surface area contributed by atoms with Crippen LogP contribution in [0.25, 0.3) is 0 Å². The van der Waals surface area contributed by atoms with Crippen molar-refractivity contribution in [2.45, 2.75) is 116 Å². The van der Waals surface area contributed by atoms with Crippen LogP contribution >= 0.6 is 0 Å². The molecule has 8 atom stereocenters. The molecule has 0 aromatic heterocycles. The normalized spacial score (nSPS) is 39.9. The van der Waals surface area contributed by atoms with Crippen molar-refractivity contribution in [2.75, 3.05) is 19.8 Å². The summed E-state index contributed by atoms with van der Waals surface area (Å²) in [7, 11) is 0. The average Bonchev–Trinajstić information content (AvgIpc) is 3.31. The molecule has 0 bridgehead atoms.